The first-order valence-corrected chi connectivity index (χ1v) is 9.82. The zero-order chi connectivity index (χ0) is 19.5. The van der Waals surface area contributed by atoms with Gasteiger partial charge in [0.25, 0.3) is 0 Å². The van der Waals surface area contributed by atoms with Gasteiger partial charge >= 0.3 is 0 Å². The summed E-state index contributed by atoms with van der Waals surface area (Å²) in [5.41, 5.74) is 1.14. The van der Waals surface area contributed by atoms with E-state index in [1.807, 2.05) is 19.1 Å². The van der Waals surface area contributed by atoms with Crippen LogP contribution in [0.5, 0.6) is 0 Å². The molecule has 2 rings (SSSR count). The molecule has 27 heavy (non-hydrogen) atoms. The lowest BCUT2D eigenvalue weighted by molar-refractivity contribution is -0.130. The molecule has 1 saturated carbocycles. The van der Waals surface area contributed by atoms with Crippen molar-refractivity contribution >= 4 is 11.8 Å². The van der Waals surface area contributed by atoms with Gasteiger partial charge in [0, 0.05) is 37.9 Å². The van der Waals surface area contributed by atoms with Crippen LogP contribution in [0.1, 0.15) is 44.6 Å². The summed E-state index contributed by atoms with van der Waals surface area (Å²) in [4.78, 5) is 28.4. The highest BCUT2D eigenvalue weighted by Gasteiger charge is 2.35. The zero-order valence-corrected chi connectivity index (χ0v) is 16.0. The highest BCUT2D eigenvalue weighted by molar-refractivity contribution is 5.79. The van der Waals surface area contributed by atoms with Gasteiger partial charge in [-0.3, -0.25) is 14.6 Å². The quantitative estimate of drug-likeness (QED) is 0.569. The lowest BCUT2D eigenvalue weighted by Gasteiger charge is -2.36. The Morgan fingerprint density at radius 1 is 1.30 bits per heavy atom. The molecule has 1 aromatic heterocycles. The van der Waals surface area contributed by atoms with Crippen molar-refractivity contribution in [2.75, 3.05) is 19.8 Å². The minimum atomic E-state index is -0.202. The van der Waals surface area contributed by atoms with Crippen LogP contribution in [0, 0.1) is 5.92 Å². The molecule has 3 N–H and O–H groups in total. The smallest absolute Gasteiger partial charge is 0.223 e. The van der Waals surface area contributed by atoms with Crippen LogP contribution >= 0.6 is 0 Å². The van der Waals surface area contributed by atoms with E-state index in [1.165, 1.54) is 0 Å². The standard InChI is InChI=1S/C20H31N3O4/c1-2-13-27-18-4-3-16(14-17(18)23-19(25)8-12-24)20(26)22-11-7-15-5-9-21-10-6-15/h5-6,9-10,16-18,24H,2-4,7-8,11-14H2,1H3,(H,22,26)(H,23,25)/t16-,17+,18+/m0/s1. The monoisotopic (exact) mass is 377 g/mol. The molecule has 0 unspecified atom stereocenters. The Kier molecular flexibility index (Phi) is 9.21. The number of carbonyl (C=O) groups excluding carboxylic acids is 2. The Labute approximate surface area is 160 Å². The van der Waals surface area contributed by atoms with Gasteiger partial charge in [0.05, 0.1) is 18.8 Å². The number of nitrogens with one attached hydrogen (secondary N) is 2. The highest BCUT2D eigenvalue weighted by Crippen LogP contribution is 2.27. The largest absolute Gasteiger partial charge is 0.396 e. The van der Waals surface area contributed by atoms with Gasteiger partial charge in [0.1, 0.15) is 0 Å². The van der Waals surface area contributed by atoms with E-state index in [-0.39, 0.29) is 42.9 Å². The number of rotatable bonds is 10. The molecular formula is C20H31N3O4. The van der Waals surface area contributed by atoms with Crippen LogP contribution in [-0.4, -0.2) is 53.8 Å². The fraction of sp³-hybridized carbons (Fsp3) is 0.650. The number of ether oxygens (including phenoxy) is 1. The molecule has 150 valence electrons. The summed E-state index contributed by atoms with van der Waals surface area (Å²) in [5.74, 6) is -0.311. The van der Waals surface area contributed by atoms with Crippen LogP contribution in [0.2, 0.25) is 0 Å². The molecule has 7 nitrogen and oxygen atoms in total. The van der Waals surface area contributed by atoms with E-state index in [9.17, 15) is 9.59 Å². The Hall–Kier alpha value is -1.99. The van der Waals surface area contributed by atoms with Crippen LogP contribution in [0.3, 0.4) is 0 Å². The van der Waals surface area contributed by atoms with E-state index in [1.54, 1.807) is 12.4 Å². The molecule has 0 aromatic carbocycles. The van der Waals surface area contributed by atoms with Gasteiger partial charge in [-0.1, -0.05) is 6.92 Å². The number of aliphatic hydroxyl groups excluding tert-OH is 1. The third kappa shape index (κ3) is 7.27. The van der Waals surface area contributed by atoms with Gasteiger partial charge in [0.2, 0.25) is 11.8 Å². The lowest BCUT2D eigenvalue weighted by atomic mass is 9.83. The van der Waals surface area contributed by atoms with Crippen molar-refractivity contribution in [3.05, 3.63) is 30.1 Å². The maximum absolute atomic E-state index is 12.5. The molecule has 2 amide bonds. The maximum Gasteiger partial charge on any atom is 0.223 e. The molecule has 1 heterocycles. The molecule has 0 radical (unpaired) electrons. The third-order valence-corrected chi connectivity index (χ3v) is 4.84. The summed E-state index contributed by atoms with van der Waals surface area (Å²) in [7, 11) is 0. The van der Waals surface area contributed by atoms with E-state index in [2.05, 4.69) is 15.6 Å². The summed E-state index contributed by atoms with van der Waals surface area (Å²) in [6.07, 6.45) is 7.21. The van der Waals surface area contributed by atoms with Crippen LogP contribution in [0.4, 0.5) is 0 Å². The average Bonchev–Trinajstić information content (AvgIpc) is 2.68. The van der Waals surface area contributed by atoms with Gasteiger partial charge in [-0.2, -0.15) is 0 Å². The molecule has 0 aliphatic heterocycles. The zero-order valence-electron chi connectivity index (χ0n) is 16.0. The molecular weight excluding hydrogens is 346 g/mol. The number of amides is 2. The number of nitrogens with zero attached hydrogens (tertiary/aromatic N) is 1. The van der Waals surface area contributed by atoms with Gasteiger partial charge in [0.15, 0.2) is 0 Å². The van der Waals surface area contributed by atoms with Crippen LogP contribution < -0.4 is 10.6 Å². The predicted octanol–water partition coefficient (Wildman–Crippen LogP) is 1.20. The number of carbonyl (C=O) groups is 2. The first-order valence-electron chi connectivity index (χ1n) is 9.82. The number of pyridine rings is 1. The summed E-state index contributed by atoms with van der Waals surface area (Å²) in [6, 6.07) is 3.69. The van der Waals surface area contributed by atoms with E-state index in [4.69, 9.17) is 9.84 Å². The summed E-state index contributed by atoms with van der Waals surface area (Å²) >= 11 is 0. The van der Waals surface area contributed by atoms with Crippen LogP contribution in [0.15, 0.2) is 24.5 Å². The molecule has 1 aromatic rings. The van der Waals surface area contributed by atoms with E-state index >= 15 is 0 Å². The van der Waals surface area contributed by atoms with Crippen molar-refractivity contribution < 1.29 is 19.4 Å². The molecule has 0 saturated heterocycles. The van der Waals surface area contributed by atoms with Crippen molar-refractivity contribution in [1.82, 2.24) is 15.6 Å². The van der Waals surface area contributed by atoms with Gasteiger partial charge in [-0.25, -0.2) is 0 Å². The van der Waals surface area contributed by atoms with Gasteiger partial charge in [-0.05, 0) is 49.8 Å². The van der Waals surface area contributed by atoms with Gasteiger partial charge < -0.3 is 20.5 Å². The van der Waals surface area contributed by atoms with Crippen molar-refractivity contribution in [1.29, 1.82) is 0 Å². The first kappa shape index (κ1) is 21.3. The number of aliphatic hydroxyl groups is 1. The predicted molar refractivity (Wildman–Crippen MR) is 102 cm³/mol. The Morgan fingerprint density at radius 3 is 2.78 bits per heavy atom. The van der Waals surface area contributed by atoms with E-state index in [0.29, 0.717) is 19.6 Å². The second-order valence-electron chi connectivity index (χ2n) is 6.96. The SMILES string of the molecule is CCCO[C@@H]1CC[C@H](C(=O)NCCc2ccncc2)C[C@H]1NC(=O)CCO. The number of hydrogen-bond donors (Lipinski definition) is 3. The minimum absolute atomic E-state index is 0.0272. The maximum atomic E-state index is 12.5. The van der Waals surface area contributed by atoms with Crippen molar-refractivity contribution in [3.8, 4) is 0 Å². The molecule has 0 bridgehead atoms. The fourth-order valence-corrected chi connectivity index (χ4v) is 3.41. The number of hydrogen-bond acceptors (Lipinski definition) is 5. The molecule has 3 atom stereocenters. The van der Waals surface area contributed by atoms with Crippen LogP contribution in [-0.2, 0) is 20.7 Å². The molecule has 7 heteroatoms. The Bertz CT molecular complexity index is 582. The van der Waals surface area contributed by atoms with E-state index in [0.717, 1.165) is 31.2 Å². The van der Waals surface area contributed by atoms with Crippen LogP contribution in [0.25, 0.3) is 0 Å². The fourth-order valence-electron chi connectivity index (χ4n) is 3.41. The first-order chi connectivity index (χ1) is 13.1. The lowest BCUT2D eigenvalue weighted by Crippen LogP contribution is -2.50. The van der Waals surface area contributed by atoms with Gasteiger partial charge in [-0.15, -0.1) is 0 Å². The Morgan fingerprint density at radius 2 is 2.07 bits per heavy atom. The molecule has 1 aliphatic rings. The van der Waals surface area contributed by atoms with E-state index < -0.39 is 0 Å². The molecule has 1 fully saturated rings. The summed E-state index contributed by atoms with van der Waals surface area (Å²) < 4.78 is 5.88. The minimum Gasteiger partial charge on any atom is -0.396 e. The third-order valence-electron chi connectivity index (χ3n) is 4.84. The highest BCUT2D eigenvalue weighted by atomic mass is 16.5. The normalized spacial score (nSPS) is 22.2. The summed E-state index contributed by atoms with van der Waals surface area (Å²) in [6.45, 7) is 3.08. The van der Waals surface area contributed by atoms with Crippen molar-refractivity contribution in [2.24, 2.45) is 5.92 Å². The number of aromatic nitrogens is 1. The topological polar surface area (TPSA) is 101 Å². The molecule has 0 spiro atoms. The Balaban J connectivity index is 1.85. The molecule has 1 aliphatic carbocycles. The second kappa shape index (κ2) is 11.7. The average molecular weight is 377 g/mol. The van der Waals surface area contributed by atoms with Crippen molar-refractivity contribution in [3.63, 3.8) is 0 Å². The summed E-state index contributed by atoms with van der Waals surface area (Å²) in [5, 5.41) is 14.9. The second-order valence-corrected chi connectivity index (χ2v) is 6.96. The van der Waals surface area contributed by atoms with Crippen molar-refractivity contribution in [2.45, 2.75) is 57.6 Å².